The molecule has 0 aliphatic heterocycles. The van der Waals surface area contributed by atoms with E-state index in [0.717, 1.165) is 70.6 Å². The van der Waals surface area contributed by atoms with Crippen LogP contribution in [-0.4, -0.2) is 37.2 Å². The monoisotopic (exact) mass is 983 g/mol. The molecule has 70 heavy (non-hydrogen) atoms. The molecule has 0 aromatic heterocycles. The third kappa shape index (κ3) is 56.5. The molecule has 1 atom stereocenters. The Kier molecular flexibility index (Phi) is 57.2. The lowest BCUT2D eigenvalue weighted by atomic mass is 10.0. The molecular formula is C64H118O6. The van der Waals surface area contributed by atoms with Gasteiger partial charge in [-0.15, -0.1) is 0 Å². The fourth-order valence-electron chi connectivity index (χ4n) is 9.20. The van der Waals surface area contributed by atoms with Crippen LogP contribution in [-0.2, 0) is 28.6 Å². The summed E-state index contributed by atoms with van der Waals surface area (Å²) in [5, 5.41) is 0. The lowest BCUT2D eigenvalue weighted by Gasteiger charge is -2.18. The summed E-state index contributed by atoms with van der Waals surface area (Å²) in [6, 6.07) is 0. The zero-order chi connectivity index (χ0) is 50.7. The molecular weight excluding hydrogens is 865 g/mol. The molecule has 410 valence electrons. The van der Waals surface area contributed by atoms with Crippen molar-refractivity contribution in [2.45, 2.75) is 341 Å². The highest BCUT2D eigenvalue weighted by Gasteiger charge is 2.19. The van der Waals surface area contributed by atoms with Gasteiger partial charge in [0.2, 0.25) is 0 Å². The Hall–Kier alpha value is -2.37. The molecule has 0 saturated carbocycles. The van der Waals surface area contributed by atoms with Crippen LogP contribution in [0, 0.1) is 0 Å². The van der Waals surface area contributed by atoms with Crippen LogP contribution in [0.25, 0.3) is 0 Å². The normalized spacial score (nSPS) is 12.2. The molecule has 0 fully saturated rings. The second-order valence-corrected chi connectivity index (χ2v) is 21.0. The van der Waals surface area contributed by atoms with Crippen molar-refractivity contribution in [2.24, 2.45) is 0 Å². The van der Waals surface area contributed by atoms with Gasteiger partial charge in [-0.2, -0.15) is 0 Å². The van der Waals surface area contributed by atoms with Gasteiger partial charge in [0.1, 0.15) is 13.2 Å². The molecule has 0 N–H and O–H groups in total. The fraction of sp³-hybridized carbons (Fsp3) is 0.859. The first-order valence-electron chi connectivity index (χ1n) is 31.0. The van der Waals surface area contributed by atoms with Crippen LogP contribution in [0.1, 0.15) is 335 Å². The number of unbranched alkanes of at least 4 members (excludes halogenated alkanes) is 41. The summed E-state index contributed by atoms with van der Waals surface area (Å²) in [6.07, 6.45) is 71.4. The summed E-state index contributed by atoms with van der Waals surface area (Å²) in [5.74, 6) is -0.888. The first kappa shape index (κ1) is 67.6. The number of hydrogen-bond acceptors (Lipinski definition) is 6. The van der Waals surface area contributed by atoms with Crippen LogP contribution in [0.3, 0.4) is 0 Å². The van der Waals surface area contributed by atoms with Gasteiger partial charge in [-0.05, 0) is 70.6 Å². The molecule has 0 aromatic carbocycles. The van der Waals surface area contributed by atoms with Crippen LogP contribution >= 0.6 is 0 Å². The molecule has 6 heteroatoms. The summed E-state index contributed by atoms with van der Waals surface area (Å²) in [6.45, 7) is 6.66. The molecule has 0 aromatic rings. The Morgan fingerprint density at radius 2 is 0.514 bits per heavy atom. The van der Waals surface area contributed by atoms with E-state index in [0.29, 0.717) is 19.3 Å². The first-order chi connectivity index (χ1) is 34.5. The highest BCUT2D eigenvalue weighted by molar-refractivity contribution is 5.71. The molecule has 0 saturated heterocycles. The van der Waals surface area contributed by atoms with Gasteiger partial charge in [0, 0.05) is 19.3 Å². The minimum Gasteiger partial charge on any atom is -0.462 e. The predicted molar refractivity (Wildman–Crippen MR) is 302 cm³/mol. The van der Waals surface area contributed by atoms with E-state index in [4.69, 9.17) is 14.2 Å². The standard InChI is InChI=1S/C64H118O6/c1-4-7-10-13-16-19-22-25-28-31-32-34-36-39-42-45-48-51-54-57-63(66)69-60-61(59-68-62(65)56-53-50-47-44-41-38-35-30-27-24-21-18-15-12-9-6-3)70-64(67)58-55-52-49-46-43-40-37-33-29-26-23-20-17-14-11-8-5-2/h30-32,35,38,41,61H,4-29,33-34,36-37,39-40,42-60H2,1-3H3/b32-31-,35-30-,41-38-. The lowest BCUT2D eigenvalue weighted by molar-refractivity contribution is -0.167. The van der Waals surface area contributed by atoms with Crippen LogP contribution in [0.2, 0.25) is 0 Å². The predicted octanol–water partition coefficient (Wildman–Crippen LogP) is 20.8. The maximum atomic E-state index is 12.9. The average molecular weight is 984 g/mol. The molecule has 0 aliphatic carbocycles. The van der Waals surface area contributed by atoms with E-state index in [1.54, 1.807) is 0 Å². The van der Waals surface area contributed by atoms with Crippen molar-refractivity contribution in [3.8, 4) is 0 Å². The molecule has 6 nitrogen and oxygen atoms in total. The number of carbonyl (C=O) groups is 3. The second kappa shape index (κ2) is 59.2. The number of carbonyl (C=O) groups excluding carboxylic acids is 3. The van der Waals surface area contributed by atoms with Crippen molar-refractivity contribution in [3.63, 3.8) is 0 Å². The summed E-state index contributed by atoms with van der Waals surface area (Å²) < 4.78 is 16.9. The van der Waals surface area contributed by atoms with Crippen molar-refractivity contribution in [1.82, 2.24) is 0 Å². The Morgan fingerprint density at radius 1 is 0.286 bits per heavy atom. The van der Waals surface area contributed by atoms with E-state index in [2.05, 4.69) is 57.2 Å². The summed E-state index contributed by atoms with van der Waals surface area (Å²) in [5.41, 5.74) is 0. The highest BCUT2D eigenvalue weighted by atomic mass is 16.6. The second-order valence-electron chi connectivity index (χ2n) is 21.0. The number of hydrogen-bond donors (Lipinski definition) is 0. The van der Waals surface area contributed by atoms with Crippen molar-refractivity contribution in [2.75, 3.05) is 13.2 Å². The van der Waals surface area contributed by atoms with Gasteiger partial charge >= 0.3 is 17.9 Å². The van der Waals surface area contributed by atoms with Gasteiger partial charge in [0.25, 0.3) is 0 Å². The van der Waals surface area contributed by atoms with Gasteiger partial charge in [0.05, 0.1) is 0 Å². The minimum absolute atomic E-state index is 0.0791. The zero-order valence-electron chi connectivity index (χ0n) is 47.1. The van der Waals surface area contributed by atoms with E-state index in [1.165, 1.54) is 225 Å². The molecule has 0 radical (unpaired) electrons. The third-order valence-electron chi connectivity index (χ3n) is 13.9. The van der Waals surface area contributed by atoms with Crippen molar-refractivity contribution in [1.29, 1.82) is 0 Å². The Bertz CT molecular complexity index is 1170. The van der Waals surface area contributed by atoms with Crippen LogP contribution < -0.4 is 0 Å². The van der Waals surface area contributed by atoms with Crippen LogP contribution in [0.15, 0.2) is 36.5 Å². The average Bonchev–Trinajstić information content (AvgIpc) is 3.36. The third-order valence-corrected chi connectivity index (χ3v) is 13.9. The molecule has 0 bridgehead atoms. The Labute approximate surface area is 435 Å². The lowest BCUT2D eigenvalue weighted by Crippen LogP contribution is -2.30. The summed E-state index contributed by atoms with van der Waals surface area (Å²) >= 11 is 0. The van der Waals surface area contributed by atoms with Gasteiger partial charge in [-0.1, -0.05) is 282 Å². The molecule has 0 aliphatic rings. The molecule has 1 unspecified atom stereocenters. The molecule has 0 amide bonds. The first-order valence-corrected chi connectivity index (χ1v) is 31.0. The van der Waals surface area contributed by atoms with Gasteiger partial charge in [0.15, 0.2) is 6.10 Å². The van der Waals surface area contributed by atoms with Crippen molar-refractivity contribution < 1.29 is 28.6 Å². The Morgan fingerprint density at radius 3 is 0.814 bits per heavy atom. The quantitative estimate of drug-likeness (QED) is 0.0199. The number of rotatable bonds is 57. The summed E-state index contributed by atoms with van der Waals surface area (Å²) in [7, 11) is 0. The fourth-order valence-corrected chi connectivity index (χ4v) is 9.20. The van der Waals surface area contributed by atoms with E-state index < -0.39 is 6.10 Å². The van der Waals surface area contributed by atoms with E-state index in [-0.39, 0.29) is 31.1 Å². The maximum Gasteiger partial charge on any atom is 0.306 e. The van der Waals surface area contributed by atoms with E-state index in [1.807, 2.05) is 0 Å². The smallest absolute Gasteiger partial charge is 0.306 e. The highest BCUT2D eigenvalue weighted by Crippen LogP contribution is 2.17. The van der Waals surface area contributed by atoms with Gasteiger partial charge < -0.3 is 14.2 Å². The topological polar surface area (TPSA) is 78.9 Å². The maximum absolute atomic E-state index is 12.9. The van der Waals surface area contributed by atoms with Crippen LogP contribution in [0.5, 0.6) is 0 Å². The van der Waals surface area contributed by atoms with Crippen molar-refractivity contribution >= 4 is 17.9 Å². The minimum atomic E-state index is -0.782. The number of allylic oxidation sites excluding steroid dienone is 6. The molecule has 0 spiro atoms. The number of ether oxygens (including phenoxy) is 3. The zero-order valence-corrected chi connectivity index (χ0v) is 47.1. The largest absolute Gasteiger partial charge is 0.462 e. The summed E-state index contributed by atoms with van der Waals surface area (Å²) in [4.78, 5) is 38.2. The van der Waals surface area contributed by atoms with E-state index in [9.17, 15) is 14.4 Å². The number of esters is 3. The Balaban J connectivity index is 4.37. The van der Waals surface area contributed by atoms with Crippen molar-refractivity contribution in [3.05, 3.63) is 36.5 Å². The van der Waals surface area contributed by atoms with Gasteiger partial charge in [-0.3, -0.25) is 14.4 Å². The van der Waals surface area contributed by atoms with E-state index >= 15 is 0 Å². The van der Waals surface area contributed by atoms with Crippen LogP contribution in [0.4, 0.5) is 0 Å². The molecule has 0 rings (SSSR count). The van der Waals surface area contributed by atoms with Gasteiger partial charge in [-0.25, -0.2) is 0 Å². The molecule has 0 heterocycles. The SMILES string of the molecule is CCCCCCCCC/C=C\C=C/CCCCCC(=O)OCC(COC(=O)CCCCCCCCC/C=C\CCCCCCCCCC)OC(=O)CCCCCCCCCCCCCCCCCCC.